The number of ether oxygens (including phenoxy) is 2. The van der Waals surface area contributed by atoms with Crippen molar-refractivity contribution in [2.75, 3.05) is 26.8 Å². The first-order valence-corrected chi connectivity index (χ1v) is 5.70. The maximum absolute atomic E-state index is 5.77. The summed E-state index contributed by atoms with van der Waals surface area (Å²) >= 11 is 0. The van der Waals surface area contributed by atoms with Crippen LogP contribution in [0.2, 0.25) is 0 Å². The second-order valence-electron chi connectivity index (χ2n) is 4.17. The Bertz CT molecular complexity index is 370. The zero-order valence-electron chi connectivity index (χ0n) is 10.2. The molecule has 0 saturated carbocycles. The third-order valence-electron chi connectivity index (χ3n) is 3.27. The molecule has 3 heteroatoms. The minimum atomic E-state index is 0.179. The SMILES string of the molecule is COc1ccc(C2CNCCO2)c(C)c1C. The fourth-order valence-electron chi connectivity index (χ4n) is 2.15. The standard InChI is InChI=1S/C13H19NO2/c1-9-10(2)12(15-3)5-4-11(9)13-8-14-6-7-16-13/h4-5,13-14H,6-8H2,1-3H3. The van der Waals surface area contributed by atoms with Crippen LogP contribution in [0.4, 0.5) is 0 Å². The summed E-state index contributed by atoms with van der Waals surface area (Å²) in [5.41, 5.74) is 3.74. The van der Waals surface area contributed by atoms with Gasteiger partial charge in [-0.2, -0.15) is 0 Å². The number of benzene rings is 1. The Hall–Kier alpha value is -1.06. The Labute approximate surface area is 96.8 Å². The number of hydrogen-bond donors (Lipinski definition) is 1. The summed E-state index contributed by atoms with van der Waals surface area (Å²) in [4.78, 5) is 0. The summed E-state index contributed by atoms with van der Waals surface area (Å²) in [6, 6.07) is 4.13. The molecule has 1 aromatic carbocycles. The van der Waals surface area contributed by atoms with Crippen molar-refractivity contribution in [1.82, 2.24) is 5.32 Å². The van der Waals surface area contributed by atoms with Gasteiger partial charge in [-0.3, -0.25) is 0 Å². The third-order valence-corrected chi connectivity index (χ3v) is 3.27. The lowest BCUT2D eigenvalue weighted by Gasteiger charge is -2.26. The van der Waals surface area contributed by atoms with Crippen LogP contribution in [-0.2, 0) is 4.74 Å². The Morgan fingerprint density at radius 3 is 2.75 bits per heavy atom. The molecule has 2 rings (SSSR count). The van der Waals surface area contributed by atoms with Gasteiger partial charge in [0.25, 0.3) is 0 Å². The maximum atomic E-state index is 5.77. The van der Waals surface area contributed by atoms with Crippen molar-refractivity contribution >= 4 is 0 Å². The number of morpholine rings is 1. The first kappa shape index (κ1) is 11.4. The molecule has 0 radical (unpaired) electrons. The van der Waals surface area contributed by atoms with E-state index in [1.54, 1.807) is 7.11 Å². The average Bonchev–Trinajstić information content (AvgIpc) is 2.34. The molecule has 1 atom stereocenters. The molecular formula is C13H19NO2. The summed E-state index contributed by atoms with van der Waals surface area (Å²) in [5, 5.41) is 3.35. The highest BCUT2D eigenvalue weighted by Gasteiger charge is 2.19. The second-order valence-corrected chi connectivity index (χ2v) is 4.17. The molecule has 3 nitrogen and oxygen atoms in total. The van der Waals surface area contributed by atoms with Crippen molar-refractivity contribution < 1.29 is 9.47 Å². The predicted molar refractivity (Wildman–Crippen MR) is 64.0 cm³/mol. The molecule has 1 unspecified atom stereocenters. The Morgan fingerprint density at radius 2 is 2.12 bits per heavy atom. The van der Waals surface area contributed by atoms with Gasteiger partial charge in [-0.15, -0.1) is 0 Å². The first-order valence-electron chi connectivity index (χ1n) is 5.70. The molecule has 16 heavy (non-hydrogen) atoms. The third kappa shape index (κ3) is 2.06. The van der Waals surface area contributed by atoms with E-state index in [-0.39, 0.29) is 6.10 Å². The molecule has 88 valence electrons. The molecule has 0 spiro atoms. The average molecular weight is 221 g/mol. The maximum Gasteiger partial charge on any atom is 0.122 e. The van der Waals surface area contributed by atoms with E-state index in [4.69, 9.17) is 9.47 Å². The fourth-order valence-corrected chi connectivity index (χ4v) is 2.15. The molecule has 1 fully saturated rings. The molecule has 1 saturated heterocycles. The Morgan fingerprint density at radius 1 is 1.31 bits per heavy atom. The van der Waals surface area contributed by atoms with Crippen LogP contribution in [-0.4, -0.2) is 26.8 Å². The second kappa shape index (κ2) is 4.85. The molecule has 1 heterocycles. The minimum absolute atomic E-state index is 0.179. The van der Waals surface area contributed by atoms with E-state index in [1.165, 1.54) is 16.7 Å². The van der Waals surface area contributed by atoms with Gasteiger partial charge in [0, 0.05) is 13.1 Å². The summed E-state index contributed by atoms with van der Waals surface area (Å²) in [5.74, 6) is 0.949. The van der Waals surface area contributed by atoms with Crippen molar-refractivity contribution in [1.29, 1.82) is 0 Å². The quantitative estimate of drug-likeness (QED) is 0.828. The Balaban J connectivity index is 2.30. The number of nitrogens with one attached hydrogen (secondary N) is 1. The van der Waals surface area contributed by atoms with Crippen LogP contribution >= 0.6 is 0 Å². The van der Waals surface area contributed by atoms with Gasteiger partial charge in [-0.25, -0.2) is 0 Å². The van der Waals surface area contributed by atoms with Crippen LogP contribution in [0.3, 0.4) is 0 Å². The highest BCUT2D eigenvalue weighted by molar-refractivity contribution is 5.44. The van der Waals surface area contributed by atoms with Gasteiger partial charge in [-0.05, 0) is 36.6 Å². The topological polar surface area (TPSA) is 30.5 Å². The van der Waals surface area contributed by atoms with E-state index < -0.39 is 0 Å². The lowest BCUT2D eigenvalue weighted by atomic mass is 9.97. The molecule has 1 aliphatic heterocycles. The zero-order valence-corrected chi connectivity index (χ0v) is 10.2. The van der Waals surface area contributed by atoms with Crippen molar-refractivity contribution in [3.05, 3.63) is 28.8 Å². The van der Waals surface area contributed by atoms with Crippen LogP contribution in [0.15, 0.2) is 12.1 Å². The number of rotatable bonds is 2. The highest BCUT2D eigenvalue weighted by atomic mass is 16.5. The van der Waals surface area contributed by atoms with Gasteiger partial charge in [0.1, 0.15) is 5.75 Å². The Kier molecular flexibility index (Phi) is 3.46. The summed E-state index contributed by atoms with van der Waals surface area (Å²) in [6.07, 6.45) is 0.179. The normalized spacial score (nSPS) is 20.8. The summed E-state index contributed by atoms with van der Waals surface area (Å²) in [6.45, 7) is 6.85. The van der Waals surface area contributed by atoms with E-state index in [2.05, 4.69) is 25.2 Å². The molecule has 1 N–H and O–H groups in total. The van der Waals surface area contributed by atoms with Crippen LogP contribution in [0.1, 0.15) is 22.8 Å². The van der Waals surface area contributed by atoms with E-state index in [9.17, 15) is 0 Å². The molecule has 0 amide bonds. The lowest BCUT2D eigenvalue weighted by molar-refractivity contribution is 0.0272. The van der Waals surface area contributed by atoms with Crippen molar-refractivity contribution in [3.63, 3.8) is 0 Å². The van der Waals surface area contributed by atoms with Crippen LogP contribution < -0.4 is 10.1 Å². The van der Waals surface area contributed by atoms with Crippen molar-refractivity contribution in [3.8, 4) is 5.75 Å². The van der Waals surface area contributed by atoms with Gasteiger partial charge in [0.2, 0.25) is 0 Å². The molecule has 0 bridgehead atoms. The van der Waals surface area contributed by atoms with Crippen molar-refractivity contribution in [2.24, 2.45) is 0 Å². The van der Waals surface area contributed by atoms with Gasteiger partial charge in [0.05, 0.1) is 19.8 Å². The van der Waals surface area contributed by atoms with E-state index in [0.29, 0.717) is 0 Å². The smallest absolute Gasteiger partial charge is 0.122 e. The van der Waals surface area contributed by atoms with Gasteiger partial charge >= 0.3 is 0 Å². The van der Waals surface area contributed by atoms with E-state index in [0.717, 1.165) is 25.4 Å². The lowest BCUT2D eigenvalue weighted by Crippen LogP contribution is -2.33. The van der Waals surface area contributed by atoms with Gasteiger partial charge in [0.15, 0.2) is 0 Å². The largest absolute Gasteiger partial charge is 0.496 e. The minimum Gasteiger partial charge on any atom is -0.496 e. The zero-order chi connectivity index (χ0) is 11.5. The molecular weight excluding hydrogens is 202 g/mol. The van der Waals surface area contributed by atoms with E-state index in [1.807, 2.05) is 6.07 Å². The highest BCUT2D eigenvalue weighted by Crippen LogP contribution is 2.29. The fraction of sp³-hybridized carbons (Fsp3) is 0.538. The molecule has 0 aliphatic carbocycles. The predicted octanol–water partition coefficient (Wildman–Crippen LogP) is 1.97. The van der Waals surface area contributed by atoms with Crippen molar-refractivity contribution in [2.45, 2.75) is 20.0 Å². The van der Waals surface area contributed by atoms with Gasteiger partial charge in [-0.1, -0.05) is 6.07 Å². The first-order chi connectivity index (χ1) is 7.74. The number of hydrogen-bond acceptors (Lipinski definition) is 3. The molecule has 1 aliphatic rings. The van der Waals surface area contributed by atoms with Crippen LogP contribution in [0, 0.1) is 13.8 Å². The number of methoxy groups -OCH3 is 1. The molecule has 1 aromatic rings. The summed E-state index contributed by atoms with van der Waals surface area (Å²) < 4.78 is 11.1. The van der Waals surface area contributed by atoms with Crippen LogP contribution in [0.5, 0.6) is 5.75 Å². The van der Waals surface area contributed by atoms with Gasteiger partial charge < -0.3 is 14.8 Å². The monoisotopic (exact) mass is 221 g/mol. The van der Waals surface area contributed by atoms with E-state index >= 15 is 0 Å². The summed E-state index contributed by atoms with van der Waals surface area (Å²) in [7, 11) is 1.71. The van der Waals surface area contributed by atoms with Crippen LogP contribution in [0.25, 0.3) is 0 Å². The molecule has 0 aromatic heterocycles.